The molecule has 2 N–H and O–H groups in total. The summed E-state index contributed by atoms with van der Waals surface area (Å²) in [7, 11) is 0. The van der Waals surface area contributed by atoms with Crippen molar-refractivity contribution in [1.29, 1.82) is 0 Å². The van der Waals surface area contributed by atoms with Crippen LogP contribution in [-0.2, 0) is 4.79 Å². The van der Waals surface area contributed by atoms with Gasteiger partial charge in [-0.25, -0.2) is 4.39 Å². The average molecular weight is 211 g/mol. The number of aryl methyl sites for hydroxylation is 1. The van der Waals surface area contributed by atoms with Gasteiger partial charge < -0.3 is 10.5 Å². The number of halogens is 1. The largest absolute Gasteiger partial charge is 0.478 e. The lowest BCUT2D eigenvalue weighted by Crippen LogP contribution is -2.43. The first-order valence-electron chi connectivity index (χ1n) is 4.58. The molecule has 0 heterocycles. The Hall–Kier alpha value is -1.58. The van der Waals surface area contributed by atoms with Gasteiger partial charge in [0.1, 0.15) is 11.6 Å². The first-order chi connectivity index (χ1) is 6.83. The number of carbonyl (C=O) groups is 1. The van der Waals surface area contributed by atoms with Crippen LogP contribution >= 0.6 is 0 Å². The minimum Gasteiger partial charge on any atom is -0.478 e. The fourth-order valence-corrected chi connectivity index (χ4v) is 0.982. The van der Waals surface area contributed by atoms with Crippen LogP contribution < -0.4 is 10.5 Å². The highest BCUT2D eigenvalue weighted by Crippen LogP contribution is 2.20. The van der Waals surface area contributed by atoms with Gasteiger partial charge in [0.15, 0.2) is 5.60 Å². The molecule has 1 amide bonds. The van der Waals surface area contributed by atoms with Gasteiger partial charge >= 0.3 is 0 Å². The predicted octanol–water partition coefficient (Wildman–Crippen LogP) is 1.78. The zero-order valence-electron chi connectivity index (χ0n) is 9.00. The Kier molecular flexibility index (Phi) is 2.98. The minimum atomic E-state index is -1.14. The maximum absolute atomic E-state index is 13.2. The van der Waals surface area contributed by atoms with Crippen molar-refractivity contribution >= 4 is 5.91 Å². The molecule has 3 nitrogen and oxygen atoms in total. The molecule has 0 fully saturated rings. The van der Waals surface area contributed by atoms with Crippen molar-refractivity contribution in [2.24, 2.45) is 5.73 Å². The monoisotopic (exact) mass is 211 g/mol. The lowest BCUT2D eigenvalue weighted by molar-refractivity contribution is -0.130. The second-order valence-electron chi connectivity index (χ2n) is 3.89. The second kappa shape index (κ2) is 3.88. The molecule has 1 aromatic rings. The molecule has 1 rings (SSSR count). The van der Waals surface area contributed by atoms with Gasteiger partial charge in [-0.05, 0) is 32.4 Å². The van der Waals surface area contributed by atoms with Crippen LogP contribution in [0.2, 0.25) is 0 Å². The maximum atomic E-state index is 13.2. The van der Waals surface area contributed by atoms with E-state index >= 15 is 0 Å². The molecule has 0 aliphatic carbocycles. The first kappa shape index (κ1) is 11.5. The number of rotatable bonds is 3. The van der Waals surface area contributed by atoms with Crippen LogP contribution in [0.15, 0.2) is 18.2 Å². The Labute approximate surface area is 88.0 Å². The standard InChI is InChI=1S/C11H14FNO2/c1-7-4-5-8(6-9(7)12)15-11(2,3)10(13)14/h4-6H,1-3H3,(H2,13,14). The third-order valence-electron chi connectivity index (χ3n) is 2.11. The normalized spacial score (nSPS) is 11.2. The van der Waals surface area contributed by atoms with Crippen molar-refractivity contribution in [3.8, 4) is 5.75 Å². The minimum absolute atomic E-state index is 0.293. The molecule has 0 saturated carbocycles. The van der Waals surface area contributed by atoms with Crippen LogP contribution in [0.5, 0.6) is 5.75 Å². The van der Waals surface area contributed by atoms with Gasteiger partial charge in [-0.2, -0.15) is 0 Å². The van der Waals surface area contributed by atoms with Gasteiger partial charge in [-0.15, -0.1) is 0 Å². The van der Waals surface area contributed by atoms with E-state index < -0.39 is 11.5 Å². The lowest BCUT2D eigenvalue weighted by atomic mass is 10.1. The summed E-state index contributed by atoms with van der Waals surface area (Å²) in [6.07, 6.45) is 0. The van der Waals surface area contributed by atoms with E-state index in [1.54, 1.807) is 19.1 Å². The van der Waals surface area contributed by atoms with Crippen LogP contribution in [0.1, 0.15) is 19.4 Å². The third kappa shape index (κ3) is 2.68. The van der Waals surface area contributed by atoms with E-state index in [-0.39, 0.29) is 5.82 Å². The summed E-state index contributed by atoms with van der Waals surface area (Å²) < 4.78 is 18.4. The Morgan fingerprint density at radius 2 is 2.07 bits per heavy atom. The SMILES string of the molecule is Cc1ccc(OC(C)(C)C(N)=O)cc1F. The number of carbonyl (C=O) groups excluding carboxylic acids is 1. The Morgan fingerprint density at radius 3 is 2.53 bits per heavy atom. The first-order valence-corrected chi connectivity index (χ1v) is 4.58. The number of benzene rings is 1. The van der Waals surface area contributed by atoms with Gasteiger partial charge in [0.2, 0.25) is 0 Å². The number of ether oxygens (including phenoxy) is 1. The predicted molar refractivity (Wildman–Crippen MR) is 55.0 cm³/mol. The van der Waals surface area contributed by atoms with E-state index in [4.69, 9.17) is 10.5 Å². The summed E-state index contributed by atoms with van der Waals surface area (Å²) in [6, 6.07) is 4.42. The molecular formula is C11H14FNO2. The van der Waals surface area contributed by atoms with E-state index in [0.29, 0.717) is 11.3 Å². The summed E-state index contributed by atoms with van der Waals surface area (Å²) in [5.41, 5.74) is 4.52. The molecule has 0 atom stereocenters. The highest BCUT2D eigenvalue weighted by atomic mass is 19.1. The quantitative estimate of drug-likeness (QED) is 0.828. The highest BCUT2D eigenvalue weighted by molar-refractivity contribution is 5.82. The van der Waals surface area contributed by atoms with Crippen LogP contribution in [0.4, 0.5) is 4.39 Å². The molecule has 0 saturated heterocycles. The van der Waals surface area contributed by atoms with Crippen molar-refractivity contribution in [2.75, 3.05) is 0 Å². The fraction of sp³-hybridized carbons (Fsp3) is 0.364. The topological polar surface area (TPSA) is 52.3 Å². The molecule has 82 valence electrons. The smallest absolute Gasteiger partial charge is 0.261 e. The molecule has 4 heteroatoms. The van der Waals surface area contributed by atoms with E-state index in [2.05, 4.69) is 0 Å². The molecule has 0 spiro atoms. The van der Waals surface area contributed by atoms with Crippen molar-refractivity contribution in [2.45, 2.75) is 26.4 Å². The van der Waals surface area contributed by atoms with Gasteiger partial charge in [0.25, 0.3) is 5.91 Å². The van der Waals surface area contributed by atoms with E-state index in [1.165, 1.54) is 19.9 Å². The van der Waals surface area contributed by atoms with Gasteiger partial charge in [-0.1, -0.05) is 6.07 Å². The number of hydrogen-bond donors (Lipinski definition) is 1. The Balaban J connectivity index is 2.91. The molecule has 0 aromatic heterocycles. The molecular weight excluding hydrogens is 197 g/mol. The van der Waals surface area contributed by atoms with Crippen LogP contribution in [0.3, 0.4) is 0 Å². The molecule has 0 radical (unpaired) electrons. The third-order valence-corrected chi connectivity index (χ3v) is 2.11. The molecule has 0 bridgehead atoms. The highest BCUT2D eigenvalue weighted by Gasteiger charge is 2.27. The summed E-state index contributed by atoms with van der Waals surface area (Å²) in [6.45, 7) is 4.72. The molecule has 0 unspecified atom stereocenters. The van der Waals surface area contributed by atoms with Crippen LogP contribution in [-0.4, -0.2) is 11.5 Å². The summed E-state index contributed by atoms with van der Waals surface area (Å²) in [5, 5.41) is 0. The second-order valence-corrected chi connectivity index (χ2v) is 3.89. The zero-order valence-corrected chi connectivity index (χ0v) is 9.00. The van der Waals surface area contributed by atoms with Gasteiger partial charge in [0, 0.05) is 6.07 Å². The van der Waals surface area contributed by atoms with E-state index in [0.717, 1.165) is 0 Å². The average Bonchev–Trinajstić information content (AvgIpc) is 2.10. The van der Waals surface area contributed by atoms with E-state index in [1.807, 2.05) is 0 Å². The molecule has 1 aromatic carbocycles. The fourth-order valence-electron chi connectivity index (χ4n) is 0.982. The van der Waals surface area contributed by atoms with Crippen LogP contribution in [0.25, 0.3) is 0 Å². The van der Waals surface area contributed by atoms with Crippen LogP contribution in [0, 0.1) is 12.7 Å². The van der Waals surface area contributed by atoms with Crippen molar-refractivity contribution in [1.82, 2.24) is 0 Å². The van der Waals surface area contributed by atoms with Crippen molar-refractivity contribution < 1.29 is 13.9 Å². The molecule has 0 aliphatic heterocycles. The van der Waals surface area contributed by atoms with E-state index in [9.17, 15) is 9.18 Å². The Morgan fingerprint density at radius 1 is 1.47 bits per heavy atom. The number of hydrogen-bond acceptors (Lipinski definition) is 2. The summed E-state index contributed by atoms with van der Waals surface area (Å²) in [5.74, 6) is -0.668. The number of primary amides is 1. The summed E-state index contributed by atoms with van der Waals surface area (Å²) >= 11 is 0. The van der Waals surface area contributed by atoms with Crippen molar-refractivity contribution in [3.63, 3.8) is 0 Å². The molecule has 15 heavy (non-hydrogen) atoms. The van der Waals surface area contributed by atoms with Gasteiger partial charge in [-0.3, -0.25) is 4.79 Å². The number of nitrogens with two attached hydrogens (primary N) is 1. The maximum Gasteiger partial charge on any atom is 0.261 e. The lowest BCUT2D eigenvalue weighted by Gasteiger charge is -2.22. The van der Waals surface area contributed by atoms with Gasteiger partial charge in [0.05, 0.1) is 0 Å². The van der Waals surface area contributed by atoms with Crippen molar-refractivity contribution in [3.05, 3.63) is 29.6 Å². The Bertz CT molecular complexity index is 388. The zero-order chi connectivity index (χ0) is 11.6. The molecule has 0 aliphatic rings. The summed E-state index contributed by atoms with van der Waals surface area (Å²) in [4.78, 5) is 11.0. The number of amides is 1.